The van der Waals surface area contributed by atoms with Gasteiger partial charge in [-0.05, 0) is 18.2 Å². The van der Waals surface area contributed by atoms with Crippen LogP contribution in [0.25, 0.3) is 16.7 Å². The van der Waals surface area contributed by atoms with Crippen LogP contribution in [0, 0.1) is 0 Å². The van der Waals surface area contributed by atoms with Crippen molar-refractivity contribution in [2.45, 2.75) is 0 Å². The second kappa shape index (κ2) is 5.01. The van der Waals surface area contributed by atoms with E-state index in [1.54, 1.807) is 24.3 Å². The molecule has 0 bridgehead atoms. The van der Waals surface area contributed by atoms with Gasteiger partial charge >= 0.3 is 5.97 Å². The van der Waals surface area contributed by atoms with Crippen molar-refractivity contribution in [1.29, 1.82) is 0 Å². The van der Waals surface area contributed by atoms with Gasteiger partial charge in [0.1, 0.15) is 5.69 Å². The number of aromatic amines is 1. The molecule has 4 nitrogen and oxygen atoms in total. The van der Waals surface area contributed by atoms with Crippen LogP contribution in [-0.2, 0) is 4.74 Å². The summed E-state index contributed by atoms with van der Waals surface area (Å²) in [6.07, 6.45) is 0. The van der Waals surface area contributed by atoms with Gasteiger partial charge in [-0.1, -0.05) is 43.0 Å². The Kier molecular flexibility index (Phi) is 3.05. The zero-order valence-corrected chi connectivity index (χ0v) is 10.7. The summed E-state index contributed by atoms with van der Waals surface area (Å²) in [5.41, 5.74) is 1.90. The van der Waals surface area contributed by atoms with Crippen molar-refractivity contribution in [2.75, 3.05) is 0 Å². The monoisotopic (exact) mass is 264 g/mol. The first kappa shape index (κ1) is 12.2. The number of hydrogen-bond donors (Lipinski definition) is 1. The molecule has 0 aliphatic rings. The van der Waals surface area contributed by atoms with Gasteiger partial charge in [0.2, 0.25) is 0 Å². The number of benzene rings is 2. The van der Waals surface area contributed by atoms with Crippen LogP contribution in [0.3, 0.4) is 0 Å². The van der Waals surface area contributed by atoms with E-state index in [0.717, 1.165) is 10.9 Å². The van der Waals surface area contributed by atoms with E-state index in [1.807, 2.05) is 30.3 Å². The lowest BCUT2D eigenvalue weighted by Crippen LogP contribution is -2.04. The zero-order chi connectivity index (χ0) is 13.9. The molecule has 0 fully saturated rings. The normalized spacial score (nSPS) is 10.4. The molecule has 0 radical (unpaired) electrons. The Balaban J connectivity index is 1.85. The quantitative estimate of drug-likeness (QED) is 0.582. The molecule has 1 heterocycles. The second-order valence-electron chi connectivity index (χ2n) is 4.30. The highest BCUT2D eigenvalue weighted by atomic mass is 16.5. The Labute approximate surface area is 115 Å². The van der Waals surface area contributed by atoms with Gasteiger partial charge < -0.3 is 4.74 Å². The summed E-state index contributed by atoms with van der Waals surface area (Å²) >= 11 is 0. The first-order valence-corrected chi connectivity index (χ1v) is 6.15. The molecule has 2 aromatic carbocycles. The number of H-pyrrole nitrogens is 1. The van der Waals surface area contributed by atoms with Crippen molar-refractivity contribution in [3.63, 3.8) is 0 Å². The maximum absolute atomic E-state index is 12.0. The molecule has 98 valence electrons. The molecular weight excluding hydrogens is 252 g/mol. The molecular formula is C16H12N2O2. The molecule has 20 heavy (non-hydrogen) atoms. The Morgan fingerprint density at radius 2 is 1.75 bits per heavy atom. The van der Waals surface area contributed by atoms with Crippen molar-refractivity contribution < 1.29 is 9.53 Å². The van der Waals surface area contributed by atoms with E-state index in [9.17, 15) is 4.79 Å². The predicted octanol–water partition coefficient (Wildman–Crippen LogP) is 3.39. The molecule has 0 aliphatic heterocycles. The van der Waals surface area contributed by atoms with E-state index in [2.05, 4.69) is 16.8 Å². The largest absolute Gasteiger partial charge is 0.421 e. The fourth-order valence-electron chi connectivity index (χ4n) is 1.97. The number of carbonyl (C=O) groups is 1. The number of nitrogens with zero attached hydrogens (tertiary/aromatic N) is 1. The lowest BCUT2D eigenvalue weighted by Gasteiger charge is -2.05. The molecule has 0 amide bonds. The average Bonchev–Trinajstić information content (AvgIpc) is 2.92. The van der Waals surface area contributed by atoms with Crippen molar-refractivity contribution in [3.05, 3.63) is 72.4 Å². The van der Waals surface area contributed by atoms with Gasteiger partial charge in [0, 0.05) is 5.39 Å². The van der Waals surface area contributed by atoms with Crippen LogP contribution in [0.15, 0.2) is 61.2 Å². The van der Waals surface area contributed by atoms with Crippen molar-refractivity contribution in [1.82, 2.24) is 10.2 Å². The molecule has 0 saturated heterocycles. The highest BCUT2D eigenvalue weighted by Gasteiger charge is 2.14. The first-order valence-electron chi connectivity index (χ1n) is 6.15. The number of rotatable bonds is 3. The van der Waals surface area contributed by atoms with E-state index >= 15 is 0 Å². The van der Waals surface area contributed by atoms with Crippen LogP contribution in [0.1, 0.15) is 16.1 Å². The number of esters is 1. The summed E-state index contributed by atoms with van der Waals surface area (Å²) < 4.78 is 5.27. The number of aromatic nitrogens is 2. The number of ether oxygens (including phenoxy) is 1. The molecule has 0 unspecified atom stereocenters. The average molecular weight is 264 g/mol. The summed E-state index contributed by atoms with van der Waals surface area (Å²) in [4.78, 5) is 12.0. The smallest absolute Gasteiger partial charge is 0.343 e. The van der Waals surface area contributed by atoms with Crippen LogP contribution in [0.2, 0.25) is 0 Å². The maximum Gasteiger partial charge on any atom is 0.343 e. The van der Waals surface area contributed by atoms with Crippen molar-refractivity contribution in [3.8, 4) is 0 Å². The number of hydrogen-bond acceptors (Lipinski definition) is 3. The molecule has 1 aromatic heterocycles. The fraction of sp³-hybridized carbons (Fsp3) is 0. The van der Waals surface area contributed by atoms with Gasteiger partial charge in [0.25, 0.3) is 0 Å². The first-order chi connectivity index (χ1) is 9.75. The Hall–Kier alpha value is -2.88. The molecule has 1 N–H and O–H groups in total. The van der Waals surface area contributed by atoms with Gasteiger partial charge in [-0.3, -0.25) is 5.10 Å². The van der Waals surface area contributed by atoms with Crippen LogP contribution >= 0.6 is 0 Å². The number of carbonyl (C=O) groups excluding carboxylic acids is 1. The van der Waals surface area contributed by atoms with Gasteiger partial charge in [0.15, 0.2) is 5.76 Å². The van der Waals surface area contributed by atoms with Crippen molar-refractivity contribution in [2.24, 2.45) is 0 Å². The number of fused-ring (bicyclic) bond motifs is 1. The summed E-state index contributed by atoms with van der Waals surface area (Å²) in [5.74, 6) is -0.209. The Bertz CT molecular complexity index is 775. The summed E-state index contributed by atoms with van der Waals surface area (Å²) in [6, 6.07) is 16.4. The second-order valence-corrected chi connectivity index (χ2v) is 4.30. The molecule has 3 rings (SSSR count). The minimum atomic E-state index is -0.442. The zero-order valence-electron chi connectivity index (χ0n) is 10.7. The van der Waals surface area contributed by atoms with Crippen LogP contribution in [-0.4, -0.2) is 16.2 Å². The van der Waals surface area contributed by atoms with Crippen LogP contribution in [0.4, 0.5) is 0 Å². The molecule has 0 atom stereocenters. The Morgan fingerprint density at radius 3 is 2.55 bits per heavy atom. The van der Waals surface area contributed by atoms with Gasteiger partial charge in [0.05, 0.1) is 11.1 Å². The minimum absolute atomic E-state index is 0.233. The lowest BCUT2D eigenvalue weighted by molar-refractivity contribution is 0.0692. The molecule has 0 saturated carbocycles. The Morgan fingerprint density at radius 1 is 1.05 bits per heavy atom. The number of para-hydroxylation sites is 1. The maximum atomic E-state index is 12.0. The summed E-state index contributed by atoms with van der Waals surface area (Å²) in [5, 5.41) is 7.89. The fourth-order valence-corrected chi connectivity index (χ4v) is 1.97. The molecule has 0 aliphatic carbocycles. The van der Waals surface area contributed by atoms with E-state index in [4.69, 9.17) is 4.74 Å². The van der Waals surface area contributed by atoms with E-state index in [-0.39, 0.29) is 5.76 Å². The van der Waals surface area contributed by atoms with E-state index in [1.165, 1.54) is 0 Å². The third-order valence-corrected chi connectivity index (χ3v) is 2.96. The third kappa shape index (κ3) is 2.19. The molecule has 0 spiro atoms. The van der Waals surface area contributed by atoms with E-state index in [0.29, 0.717) is 11.3 Å². The van der Waals surface area contributed by atoms with Gasteiger partial charge in [-0.2, -0.15) is 5.10 Å². The highest BCUT2D eigenvalue weighted by molar-refractivity contribution is 5.95. The van der Waals surface area contributed by atoms with Crippen LogP contribution in [0.5, 0.6) is 0 Å². The summed E-state index contributed by atoms with van der Waals surface area (Å²) in [7, 11) is 0. The molecule has 4 heteroatoms. The third-order valence-electron chi connectivity index (χ3n) is 2.96. The van der Waals surface area contributed by atoms with Crippen LogP contribution < -0.4 is 0 Å². The van der Waals surface area contributed by atoms with E-state index < -0.39 is 5.97 Å². The highest BCUT2D eigenvalue weighted by Crippen LogP contribution is 2.22. The van der Waals surface area contributed by atoms with Gasteiger partial charge in [-0.25, -0.2) is 4.79 Å². The lowest BCUT2D eigenvalue weighted by atomic mass is 10.2. The van der Waals surface area contributed by atoms with Crippen molar-refractivity contribution >= 4 is 22.6 Å². The summed E-state index contributed by atoms with van der Waals surface area (Å²) in [6.45, 7) is 3.79. The van der Waals surface area contributed by atoms with Gasteiger partial charge in [-0.15, -0.1) is 0 Å². The SMILES string of the molecule is C=C(OC(=O)c1ccccc1)c1n[nH]c2ccccc12. The number of nitrogens with one attached hydrogen (secondary N) is 1. The topological polar surface area (TPSA) is 55.0 Å². The predicted molar refractivity (Wildman–Crippen MR) is 77.0 cm³/mol. The standard InChI is InChI=1S/C16H12N2O2/c1-11(20-16(19)12-7-3-2-4-8-12)15-13-9-5-6-10-14(13)17-18-15/h2-10H,1H2,(H,17,18). The molecule has 3 aromatic rings. The minimum Gasteiger partial charge on any atom is -0.421 e.